The number of nitro benzene ring substituents is 1. The van der Waals surface area contributed by atoms with Crippen molar-refractivity contribution < 1.29 is 9.31 Å². The van der Waals surface area contributed by atoms with Crippen molar-refractivity contribution >= 4 is 11.4 Å². The van der Waals surface area contributed by atoms with E-state index in [0.29, 0.717) is 13.1 Å². The second-order valence-corrected chi connectivity index (χ2v) is 4.95. The average Bonchev–Trinajstić information content (AvgIpc) is 2.40. The van der Waals surface area contributed by atoms with Crippen LogP contribution in [0.4, 0.5) is 15.8 Å². The van der Waals surface area contributed by atoms with E-state index in [1.807, 2.05) is 18.0 Å². The average molecular weight is 289 g/mol. The topological polar surface area (TPSA) is 72.4 Å². The highest BCUT2D eigenvalue weighted by Gasteiger charge is 2.12. The molecule has 2 aromatic rings. The predicted octanol–water partition coefficient (Wildman–Crippen LogP) is 2.95. The van der Waals surface area contributed by atoms with Crippen molar-refractivity contribution in [2.24, 2.45) is 0 Å². The fraction of sp³-hybridized carbons (Fsp3) is 0.200. The number of rotatable bonds is 5. The van der Waals surface area contributed by atoms with Gasteiger partial charge < -0.3 is 5.73 Å². The van der Waals surface area contributed by atoms with Crippen LogP contribution in [0.5, 0.6) is 0 Å². The lowest BCUT2D eigenvalue weighted by Gasteiger charge is -2.17. The molecule has 0 spiro atoms. The summed E-state index contributed by atoms with van der Waals surface area (Å²) in [5.41, 5.74) is 7.26. The molecule has 0 aliphatic heterocycles. The fourth-order valence-corrected chi connectivity index (χ4v) is 2.16. The number of nitrogens with two attached hydrogens (primary N) is 1. The van der Waals surface area contributed by atoms with E-state index in [-0.39, 0.29) is 17.2 Å². The molecule has 110 valence electrons. The molecule has 0 fully saturated rings. The molecule has 2 rings (SSSR count). The molecule has 0 radical (unpaired) electrons. The van der Waals surface area contributed by atoms with Crippen molar-refractivity contribution in [2.45, 2.75) is 13.1 Å². The molecule has 0 atom stereocenters. The van der Waals surface area contributed by atoms with Gasteiger partial charge in [-0.3, -0.25) is 15.0 Å². The van der Waals surface area contributed by atoms with Crippen LogP contribution in [0.1, 0.15) is 11.1 Å². The minimum absolute atomic E-state index is 0.0911. The molecule has 6 heteroatoms. The zero-order valence-corrected chi connectivity index (χ0v) is 11.6. The van der Waals surface area contributed by atoms with Crippen molar-refractivity contribution in [3.8, 4) is 0 Å². The molecule has 21 heavy (non-hydrogen) atoms. The molecule has 0 saturated carbocycles. The van der Waals surface area contributed by atoms with Gasteiger partial charge in [-0.1, -0.05) is 18.2 Å². The number of nitrogen functional groups attached to an aromatic ring is 1. The Labute approximate surface area is 122 Å². The summed E-state index contributed by atoms with van der Waals surface area (Å²) in [7, 11) is 1.87. The van der Waals surface area contributed by atoms with E-state index in [1.54, 1.807) is 12.1 Å². The van der Waals surface area contributed by atoms with E-state index in [0.717, 1.165) is 11.1 Å². The van der Waals surface area contributed by atoms with Crippen molar-refractivity contribution in [1.82, 2.24) is 4.90 Å². The summed E-state index contributed by atoms with van der Waals surface area (Å²) in [5.74, 6) is -0.274. The second kappa shape index (κ2) is 6.32. The van der Waals surface area contributed by atoms with Gasteiger partial charge in [0, 0.05) is 19.2 Å². The van der Waals surface area contributed by atoms with Crippen LogP contribution in [-0.2, 0) is 13.1 Å². The lowest BCUT2D eigenvalue weighted by molar-refractivity contribution is -0.384. The molecule has 0 heterocycles. The Bertz CT molecular complexity index is 661. The van der Waals surface area contributed by atoms with Crippen molar-refractivity contribution in [2.75, 3.05) is 12.8 Å². The van der Waals surface area contributed by atoms with Gasteiger partial charge in [0.1, 0.15) is 11.5 Å². The maximum Gasteiger partial charge on any atom is 0.292 e. The van der Waals surface area contributed by atoms with Crippen LogP contribution in [0.3, 0.4) is 0 Å². The molecule has 0 aliphatic carbocycles. The summed E-state index contributed by atoms with van der Waals surface area (Å²) < 4.78 is 13.1. The van der Waals surface area contributed by atoms with Gasteiger partial charge in [0.25, 0.3) is 5.69 Å². The summed E-state index contributed by atoms with van der Waals surface area (Å²) in [4.78, 5) is 12.3. The van der Waals surface area contributed by atoms with Crippen molar-refractivity contribution in [1.29, 1.82) is 0 Å². The van der Waals surface area contributed by atoms with Gasteiger partial charge in [0.05, 0.1) is 4.92 Å². The van der Waals surface area contributed by atoms with E-state index >= 15 is 0 Å². The van der Waals surface area contributed by atoms with Gasteiger partial charge in [0.2, 0.25) is 0 Å². The third-order valence-corrected chi connectivity index (χ3v) is 3.09. The summed E-state index contributed by atoms with van der Waals surface area (Å²) in [6.07, 6.45) is 0. The highest BCUT2D eigenvalue weighted by atomic mass is 19.1. The summed E-state index contributed by atoms with van der Waals surface area (Å²) in [6.45, 7) is 1.06. The van der Waals surface area contributed by atoms with E-state index < -0.39 is 4.92 Å². The maximum atomic E-state index is 13.1. The minimum Gasteiger partial charge on any atom is -0.393 e. The van der Waals surface area contributed by atoms with Crippen LogP contribution >= 0.6 is 0 Å². The molecule has 5 nitrogen and oxygen atoms in total. The van der Waals surface area contributed by atoms with Gasteiger partial charge in [-0.05, 0) is 36.4 Å². The Morgan fingerprint density at radius 3 is 2.48 bits per heavy atom. The Balaban J connectivity index is 2.07. The molecule has 0 bridgehead atoms. The first-order valence-electron chi connectivity index (χ1n) is 6.41. The van der Waals surface area contributed by atoms with E-state index in [1.165, 1.54) is 24.3 Å². The SMILES string of the molecule is CN(Cc1cccc(F)c1)Cc1ccc(N)c([N+](=O)[O-])c1. The zero-order valence-electron chi connectivity index (χ0n) is 11.6. The van der Waals surface area contributed by atoms with Crippen LogP contribution < -0.4 is 5.73 Å². The van der Waals surface area contributed by atoms with Gasteiger partial charge in [-0.25, -0.2) is 4.39 Å². The Kier molecular flexibility index (Phi) is 4.49. The number of halogens is 1. The molecule has 0 unspecified atom stereocenters. The largest absolute Gasteiger partial charge is 0.393 e. The Morgan fingerprint density at radius 2 is 1.86 bits per heavy atom. The second-order valence-electron chi connectivity index (χ2n) is 4.95. The van der Waals surface area contributed by atoms with Crippen molar-refractivity contribution in [3.63, 3.8) is 0 Å². The standard InChI is InChI=1S/C15H16FN3O2/c1-18(9-11-3-2-4-13(16)7-11)10-12-5-6-14(17)15(8-12)19(20)21/h2-8H,9-10,17H2,1H3. The maximum absolute atomic E-state index is 13.1. The number of anilines is 1. The summed E-state index contributed by atoms with van der Waals surface area (Å²) >= 11 is 0. The number of hydrogen-bond donors (Lipinski definition) is 1. The number of nitro groups is 1. The fourth-order valence-electron chi connectivity index (χ4n) is 2.16. The lowest BCUT2D eigenvalue weighted by atomic mass is 10.1. The van der Waals surface area contributed by atoms with Crippen molar-refractivity contribution in [3.05, 3.63) is 69.5 Å². The molecular formula is C15H16FN3O2. The monoisotopic (exact) mass is 289 g/mol. The number of hydrogen-bond acceptors (Lipinski definition) is 4. The van der Waals surface area contributed by atoms with Gasteiger partial charge in [-0.2, -0.15) is 0 Å². The van der Waals surface area contributed by atoms with Crippen LogP contribution in [0, 0.1) is 15.9 Å². The summed E-state index contributed by atoms with van der Waals surface area (Å²) in [6, 6.07) is 11.1. The first kappa shape index (κ1) is 14.9. The van der Waals surface area contributed by atoms with Gasteiger partial charge in [-0.15, -0.1) is 0 Å². The molecule has 0 amide bonds. The highest BCUT2D eigenvalue weighted by Crippen LogP contribution is 2.23. The van der Waals surface area contributed by atoms with Gasteiger partial charge in [0.15, 0.2) is 0 Å². The first-order chi connectivity index (χ1) is 9.95. The molecule has 0 aliphatic rings. The third-order valence-electron chi connectivity index (χ3n) is 3.09. The van der Waals surface area contributed by atoms with Crippen LogP contribution in [-0.4, -0.2) is 16.9 Å². The normalized spacial score (nSPS) is 10.8. The molecule has 2 N–H and O–H groups in total. The Morgan fingerprint density at radius 1 is 1.19 bits per heavy atom. The first-order valence-corrected chi connectivity index (χ1v) is 6.41. The van der Waals surface area contributed by atoms with E-state index in [9.17, 15) is 14.5 Å². The Hall–Kier alpha value is -2.47. The highest BCUT2D eigenvalue weighted by molar-refractivity contribution is 5.59. The number of nitrogens with zero attached hydrogens (tertiary/aromatic N) is 2. The van der Waals surface area contributed by atoms with Crippen LogP contribution in [0.2, 0.25) is 0 Å². The third kappa shape index (κ3) is 4.00. The quantitative estimate of drug-likeness (QED) is 0.522. The molecule has 0 saturated heterocycles. The molecule has 0 aromatic heterocycles. The summed E-state index contributed by atoms with van der Waals surface area (Å²) in [5, 5.41) is 10.9. The lowest BCUT2D eigenvalue weighted by Crippen LogP contribution is -2.17. The predicted molar refractivity (Wildman–Crippen MR) is 79.1 cm³/mol. The van der Waals surface area contributed by atoms with E-state index in [4.69, 9.17) is 5.73 Å². The van der Waals surface area contributed by atoms with Crippen LogP contribution in [0.25, 0.3) is 0 Å². The zero-order chi connectivity index (χ0) is 15.4. The van der Waals surface area contributed by atoms with Crippen LogP contribution in [0.15, 0.2) is 42.5 Å². The molecule has 2 aromatic carbocycles. The number of benzene rings is 2. The minimum atomic E-state index is -0.495. The van der Waals surface area contributed by atoms with Gasteiger partial charge >= 0.3 is 0 Å². The molecular weight excluding hydrogens is 273 g/mol. The smallest absolute Gasteiger partial charge is 0.292 e. The van der Waals surface area contributed by atoms with E-state index in [2.05, 4.69) is 0 Å².